The van der Waals surface area contributed by atoms with Gasteiger partial charge in [-0.3, -0.25) is 4.79 Å². The molecule has 5 nitrogen and oxygen atoms in total. The average Bonchev–Trinajstić information content (AvgIpc) is 2.38. The molecule has 0 spiro atoms. The van der Waals surface area contributed by atoms with E-state index in [9.17, 15) is 4.79 Å². The van der Waals surface area contributed by atoms with Crippen LogP contribution in [0.25, 0.3) is 0 Å². The van der Waals surface area contributed by atoms with Crippen LogP contribution in [0.15, 0.2) is 18.2 Å². The molecule has 0 aliphatic carbocycles. The van der Waals surface area contributed by atoms with Gasteiger partial charge in [0.15, 0.2) is 0 Å². The van der Waals surface area contributed by atoms with Gasteiger partial charge in [-0.1, -0.05) is 0 Å². The molecule has 0 saturated carbocycles. The number of hydrogen-bond donors (Lipinski definition) is 0. The number of benzene rings is 1. The Morgan fingerprint density at radius 2 is 2.06 bits per heavy atom. The molecule has 0 unspecified atom stereocenters. The van der Waals surface area contributed by atoms with Crippen LogP contribution in [0.1, 0.15) is 18.9 Å². The van der Waals surface area contributed by atoms with E-state index in [0.29, 0.717) is 23.7 Å². The first-order valence-corrected chi connectivity index (χ1v) is 5.57. The van der Waals surface area contributed by atoms with Crippen molar-refractivity contribution in [3.05, 3.63) is 23.8 Å². The summed E-state index contributed by atoms with van der Waals surface area (Å²) in [6.45, 7) is 2.31. The average molecular weight is 249 g/mol. The van der Waals surface area contributed by atoms with E-state index in [0.717, 1.165) is 0 Å². The van der Waals surface area contributed by atoms with Gasteiger partial charge in [-0.25, -0.2) is 0 Å². The molecule has 0 atom stereocenters. The van der Waals surface area contributed by atoms with Crippen LogP contribution in [-0.4, -0.2) is 26.3 Å². The van der Waals surface area contributed by atoms with E-state index in [1.165, 1.54) is 7.11 Å². The zero-order chi connectivity index (χ0) is 13.4. The highest BCUT2D eigenvalue weighted by Gasteiger charge is 2.05. The van der Waals surface area contributed by atoms with Gasteiger partial charge in [-0.05, 0) is 19.1 Å². The van der Waals surface area contributed by atoms with Crippen molar-refractivity contribution in [2.75, 3.05) is 20.3 Å². The first-order valence-electron chi connectivity index (χ1n) is 5.57. The summed E-state index contributed by atoms with van der Waals surface area (Å²) in [4.78, 5) is 11.1. The van der Waals surface area contributed by atoms with Gasteiger partial charge in [-0.2, -0.15) is 5.26 Å². The van der Waals surface area contributed by atoms with Crippen LogP contribution in [0.3, 0.4) is 0 Å². The van der Waals surface area contributed by atoms with Crippen molar-refractivity contribution >= 4 is 5.97 Å². The number of rotatable bonds is 6. The van der Waals surface area contributed by atoms with Crippen molar-refractivity contribution in [1.82, 2.24) is 0 Å². The smallest absolute Gasteiger partial charge is 0.309 e. The molecule has 0 aromatic heterocycles. The van der Waals surface area contributed by atoms with Gasteiger partial charge in [0.25, 0.3) is 0 Å². The number of hydrogen-bond acceptors (Lipinski definition) is 5. The van der Waals surface area contributed by atoms with E-state index in [1.54, 1.807) is 25.1 Å². The summed E-state index contributed by atoms with van der Waals surface area (Å²) in [6, 6.07) is 6.87. The molecule has 0 aliphatic heterocycles. The molecule has 0 bridgehead atoms. The Labute approximate surface area is 106 Å². The van der Waals surface area contributed by atoms with Gasteiger partial charge in [0.2, 0.25) is 0 Å². The third kappa shape index (κ3) is 4.34. The predicted molar refractivity (Wildman–Crippen MR) is 64.5 cm³/mol. The Morgan fingerprint density at radius 1 is 1.33 bits per heavy atom. The minimum Gasteiger partial charge on any atom is -0.497 e. The molecular formula is C13H15NO4. The highest BCUT2D eigenvalue weighted by atomic mass is 16.5. The molecular weight excluding hydrogens is 234 g/mol. The fourth-order valence-electron chi connectivity index (χ4n) is 1.32. The summed E-state index contributed by atoms with van der Waals surface area (Å²) in [7, 11) is 1.51. The number of esters is 1. The minimum absolute atomic E-state index is 0.174. The van der Waals surface area contributed by atoms with Crippen LogP contribution in [0.5, 0.6) is 11.5 Å². The van der Waals surface area contributed by atoms with Crippen molar-refractivity contribution in [3.8, 4) is 17.6 Å². The van der Waals surface area contributed by atoms with Crippen LogP contribution in [0.4, 0.5) is 0 Å². The van der Waals surface area contributed by atoms with Gasteiger partial charge in [0, 0.05) is 6.07 Å². The largest absolute Gasteiger partial charge is 0.497 e. The Balaban J connectivity index is 2.57. The summed E-state index contributed by atoms with van der Waals surface area (Å²) in [5.41, 5.74) is 0.445. The molecule has 1 aromatic carbocycles. The summed E-state index contributed by atoms with van der Waals surface area (Å²) < 4.78 is 15.2. The second-order valence-electron chi connectivity index (χ2n) is 3.41. The zero-order valence-corrected chi connectivity index (χ0v) is 10.4. The third-order valence-electron chi connectivity index (χ3n) is 2.13. The van der Waals surface area contributed by atoms with E-state index in [2.05, 4.69) is 0 Å². The van der Waals surface area contributed by atoms with Gasteiger partial charge >= 0.3 is 5.97 Å². The van der Waals surface area contributed by atoms with Crippen molar-refractivity contribution in [2.45, 2.75) is 13.3 Å². The van der Waals surface area contributed by atoms with E-state index in [1.807, 2.05) is 6.07 Å². The van der Waals surface area contributed by atoms with Gasteiger partial charge in [0.05, 0.1) is 38.4 Å². The number of ether oxygens (including phenoxy) is 3. The second-order valence-corrected chi connectivity index (χ2v) is 3.41. The highest BCUT2D eigenvalue weighted by molar-refractivity contribution is 5.69. The third-order valence-corrected chi connectivity index (χ3v) is 2.13. The van der Waals surface area contributed by atoms with Gasteiger partial charge < -0.3 is 14.2 Å². The minimum atomic E-state index is -0.305. The Hall–Kier alpha value is -2.22. The molecule has 0 fully saturated rings. The van der Waals surface area contributed by atoms with Crippen molar-refractivity contribution in [1.29, 1.82) is 5.26 Å². The van der Waals surface area contributed by atoms with Crippen LogP contribution in [-0.2, 0) is 9.53 Å². The van der Waals surface area contributed by atoms with E-state index in [4.69, 9.17) is 19.5 Å². The van der Waals surface area contributed by atoms with Crippen molar-refractivity contribution in [3.63, 3.8) is 0 Å². The summed E-state index contributed by atoms with van der Waals surface area (Å²) in [6.07, 6.45) is 0.174. The van der Waals surface area contributed by atoms with Crippen molar-refractivity contribution < 1.29 is 19.0 Å². The lowest BCUT2D eigenvalue weighted by atomic mass is 10.2. The fraction of sp³-hybridized carbons (Fsp3) is 0.385. The van der Waals surface area contributed by atoms with Crippen LogP contribution >= 0.6 is 0 Å². The molecule has 96 valence electrons. The molecule has 1 aromatic rings. The number of nitrogens with zero attached hydrogens (tertiary/aromatic N) is 1. The zero-order valence-electron chi connectivity index (χ0n) is 10.4. The molecule has 0 saturated heterocycles. The molecule has 0 amide bonds. The molecule has 1 rings (SSSR count). The normalized spacial score (nSPS) is 9.39. The van der Waals surface area contributed by atoms with E-state index >= 15 is 0 Å². The van der Waals surface area contributed by atoms with E-state index < -0.39 is 0 Å². The monoisotopic (exact) mass is 249 g/mol. The molecule has 0 N–H and O–H groups in total. The lowest BCUT2D eigenvalue weighted by Gasteiger charge is -2.08. The molecule has 0 heterocycles. The van der Waals surface area contributed by atoms with Crippen LogP contribution < -0.4 is 9.47 Å². The predicted octanol–water partition coefficient (Wildman–Crippen LogP) is 1.90. The Kier molecular flexibility index (Phi) is 5.52. The topological polar surface area (TPSA) is 68.5 Å². The van der Waals surface area contributed by atoms with Crippen molar-refractivity contribution in [2.24, 2.45) is 0 Å². The maximum absolute atomic E-state index is 11.1. The first kappa shape index (κ1) is 13.8. The second kappa shape index (κ2) is 7.17. The number of nitriles is 1. The lowest BCUT2D eigenvalue weighted by Crippen LogP contribution is -2.09. The standard InChI is InChI=1S/C13H15NO4/c1-3-17-13(15)4-5-18-12-7-10(9-14)6-11(8-12)16-2/h6-8H,3-5H2,1-2H3. The Morgan fingerprint density at radius 3 is 2.67 bits per heavy atom. The highest BCUT2D eigenvalue weighted by Crippen LogP contribution is 2.22. The summed E-state index contributed by atoms with van der Waals surface area (Å²) in [5.74, 6) is 0.733. The molecule has 0 radical (unpaired) electrons. The maximum atomic E-state index is 11.1. The summed E-state index contributed by atoms with van der Waals surface area (Å²) >= 11 is 0. The SMILES string of the molecule is CCOC(=O)CCOc1cc(C#N)cc(OC)c1. The summed E-state index contributed by atoms with van der Waals surface area (Å²) in [5, 5.41) is 8.83. The lowest BCUT2D eigenvalue weighted by molar-refractivity contribution is -0.143. The molecule has 5 heteroatoms. The van der Waals surface area contributed by atoms with Gasteiger partial charge in [-0.15, -0.1) is 0 Å². The number of methoxy groups -OCH3 is 1. The molecule has 0 aliphatic rings. The Bertz CT molecular complexity index is 451. The quantitative estimate of drug-likeness (QED) is 0.720. The van der Waals surface area contributed by atoms with E-state index in [-0.39, 0.29) is 19.0 Å². The van der Waals surface area contributed by atoms with Crippen LogP contribution in [0.2, 0.25) is 0 Å². The van der Waals surface area contributed by atoms with Crippen LogP contribution in [0, 0.1) is 11.3 Å². The van der Waals surface area contributed by atoms with Gasteiger partial charge in [0.1, 0.15) is 11.5 Å². The number of carbonyl (C=O) groups is 1. The molecule has 18 heavy (non-hydrogen) atoms. The first-order chi connectivity index (χ1) is 8.69. The maximum Gasteiger partial charge on any atom is 0.309 e. The number of carbonyl (C=O) groups excluding carboxylic acids is 1. The fourth-order valence-corrected chi connectivity index (χ4v) is 1.32.